The summed E-state index contributed by atoms with van der Waals surface area (Å²) >= 11 is 0. The molecule has 0 saturated carbocycles. The zero-order chi connectivity index (χ0) is 17.9. The summed E-state index contributed by atoms with van der Waals surface area (Å²) in [5, 5.41) is 0. The Morgan fingerprint density at radius 2 is 1.76 bits per heavy atom. The van der Waals surface area contributed by atoms with Crippen LogP contribution in [-0.2, 0) is 27.0 Å². The van der Waals surface area contributed by atoms with Crippen LogP contribution in [0.1, 0.15) is 11.1 Å². The topological polar surface area (TPSA) is 42.0 Å². The third kappa shape index (κ3) is 4.71. The fraction of sp³-hybridized carbons (Fsp3) is 0.588. The van der Waals surface area contributed by atoms with Crippen molar-refractivity contribution < 1.29 is 27.4 Å². The molecule has 2 saturated heterocycles. The highest BCUT2D eigenvalue weighted by Gasteiger charge is 2.32. The Morgan fingerprint density at radius 3 is 2.40 bits per heavy atom. The molecule has 25 heavy (non-hydrogen) atoms. The van der Waals surface area contributed by atoms with E-state index in [1.165, 1.54) is 12.1 Å². The molecule has 138 valence electrons. The number of amides is 1. The zero-order valence-corrected chi connectivity index (χ0v) is 13.8. The summed E-state index contributed by atoms with van der Waals surface area (Å²) < 4.78 is 48.7. The van der Waals surface area contributed by atoms with Gasteiger partial charge in [-0.25, -0.2) is 0 Å². The van der Waals surface area contributed by atoms with E-state index in [0.717, 1.165) is 17.7 Å². The monoisotopic (exact) mass is 358 g/mol. The third-order valence-electron chi connectivity index (χ3n) is 4.44. The maximum Gasteiger partial charge on any atom is 0.416 e. The summed E-state index contributed by atoms with van der Waals surface area (Å²) in [6, 6.07) is 5.15. The average Bonchev–Trinajstić information content (AvgIpc) is 2.62. The van der Waals surface area contributed by atoms with Crippen LogP contribution in [0, 0.1) is 0 Å². The van der Waals surface area contributed by atoms with E-state index in [1.54, 1.807) is 4.90 Å². The number of carbonyl (C=O) groups excluding carboxylic acids is 1. The molecule has 2 aliphatic heterocycles. The molecular weight excluding hydrogens is 337 g/mol. The first-order valence-corrected chi connectivity index (χ1v) is 8.30. The van der Waals surface area contributed by atoms with Crippen molar-refractivity contribution in [3.05, 3.63) is 35.4 Å². The lowest BCUT2D eigenvalue weighted by Gasteiger charge is -2.36. The summed E-state index contributed by atoms with van der Waals surface area (Å²) in [5.74, 6) is -0.0413. The highest BCUT2D eigenvalue weighted by atomic mass is 19.4. The lowest BCUT2D eigenvalue weighted by atomic mass is 10.1. The number of carbonyl (C=O) groups is 1. The van der Waals surface area contributed by atoms with Crippen LogP contribution in [-0.4, -0.2) is 67.8 Å². The minimum absolute atomic E-state index is 0.0413. The van der Waals surface area contributed by atoms with Crippen LogP contribution in [0.4, 0.5) is 13.2 Å². The summed E-state index contributed by atoms with van der Waals surface area (Å²) in [6.07, 6.45) is -4.85. The first-order chi connectivity index (χ1) is 11.9. The average molecular weight is 358 g/mol. The lowest BCUT2D eigenvalue weighted by Crippen LogP contribution is -2.53. The molecule has 1 unspecified atom stereocenters. The number of halogens is 3. The molecule has 0 aliphatic carbocycles. The van der Waals surface area contributed by atoms with Gasteiger partial charge in [0, 0.05) is 32.7 Å². The van der Waals surface area contributed by atoms with Gasteiger partial charge >= 0.3 is 6.18 Å². The maximum atomic E-state index is 12.6. The molecule has 1 aromatic carbocycles. The number of morpholine rings is 2. The Labute approximate surface area is 144 Å². The molecule has 2 heterocycles. The van der Waals surface area contributed by atoms with Crippen LogP contribution in [0.25, 0.3) is 0 Å². The van der Waals surface area contributed by atoms with Gasteiger partial charge in [0.1, 0.15) is 6.10 Å². The Bertz CT molecular complexity index is 586. The second-order valence-corrected chi connectivity index (χ2v) is 6.23. The molecule has 8 heteroatoms. The van der Waals surface area contributed by atoms with Crippen molar-refractivity contribution in [2.75, 3.05) is 46.0 Å². The van der Waals surface area contributed by atoms with Gasteiger partial charge in [-0.1, -0.05) is 12.1 Å². The van der Waals surface area contributed by atoms with Gasteiger partial charge in [0.25, 0.3) is 5.91 Å². The number of benzene rings is 1. The van der Waals surface area contributed by atoms with E-state index in [0.29, 0.717) is 52.5 Å². The number of alkyl halides is 3. The normalized spacial score (nSPS) is 22.8. The van der Waals surface area contributed by atoms with Crippen LogP contribution in [0.15, 0.2) is 24.3 Å². The van der Waals surface area contributed by atoms with Gasteiger partial charge in [0.15, 0.2) is 0 Å². The van der Waals surface area contributed by atoms with E-state index in [9.17, 15) is 18.0 Å². The van der Waals surface area contributed by atoms with E-state index < -0.39 is 17.8 Å². The zero-order valence-electron chi connectivity index (χ0n) is 13.8. The minimum atomic E-state index is -4.33. The molecule has 0 bridgehead atoms. The van der Waals surface area contributed by atoms with Gasteiger partial charge in [0.05, 0.1) is 25.4 Å². The predicted octanol–water partition coefficient (Wildman–Crippen LogP) is 1.77. The van der Waals surface area contributed by atoms with Crippen LogP contribution in [0.5, 0.6) is 0 Å². The molecule has 1 amide bonds. The molecule has 3 rings (SSSR count). The van der Waals surface area contributed by atoms with E-state index in [1.807, 2.05) is 4.90 Å². The van der Waals surface area contributed by atoms with Crippen molar-refractivity contribution >= 4 is 5.91 Å². The molecule has 1 aromatic rings. The summed E-state index contributed by atoms with van der Waals surface area (Å²) in [6.45, 7) is 4.22. The highest BCUT2D eigenvalue weighted by molar-refractivity contribution is 5.81. The number of hydrogen-bond donors (Lipinski definition) is 0. The fourth-order valence-corrected chi connectivity index (χ4v) is 3.04. The SMILES string of the molecule is O=C(C1CN(Cc2ccc(C(F)(F)F)cc2)CCO1)N1CCOCC1. The van der Waals surface area contributed by atoms with Crippen molar-refractivity contribution in [2.24, 2.45) is 0 Å². The number of rotatable bonds is 3. The standard InChI is InChI=1S/C17H21F3N2O3/c18-17(19,20)14-3-1-13(2-4-14)11-21-5-10-25-15(12-21)16(23)22-6-8-24-9-7-22/h1-4,15H,5-12H2. The van der Waals surface area contributed by atoms with Crippen LogP contribution < -0.4 is 0 Å². The van der Waals surface area contributed by atoms with E-state index in [2.05, 4.69) is 0 Å². The van der Waals surface area contributed by atoms with Crippen LogP contribution in [0.2, 0.25) is 0 Å². The maximum absolute atomic E-state index is 12.6. The van der Waals surface area contributed by atoms with Gasteiger partial charge in [-0.2, -0.15) is 13.2 Å². The van der Waals surface area contributed by atoms with Crippen molar-refractivity contribution in [2.45, 2.75) is 18.8 Å². The Kier molecular flexibility index (Phi) is 5.61. The quantitative estimate of drug-likeness (QED) is 0.826. The van der Waals surface area contributed by atoms with Gasteiger partial charge in [-0.05, 0) is 17.7 Å². The van der Waals surface area contributed by atoms with Crippen molar-refractivity contribution in [1.29, 1.82) is 0 Å². The molecule has 0 radical (unpaired) electrons. The van der Waals surface area contributed by atoms with Crippen LogP contribution in [0.3, 0.4) is 0 Å². The first kappa shape index (κ1) is 18.2. The van der Waals surface area contributed by atoms with E-state index >= 15 is 0 Å². The highest BCUT2D eigenvalue weighted by Crippen LogP contribution is 2.29. The summed E-state index contributed by atoms with van der Waals surface area (Å²) in [5.41, 5.74) is 0.131. The number of hydrogen-bond acceptors (Lipinski definition) is 4. The Balaban J connectivity index is 1.57. The van der Waals surface area contributed by atoms with Crippen molar-refractivity contribution in [1.82, 2.24) is 9.80 Å². The minimum Gasteiger partial charge on any atom is -0.378 e. The van der Waals surface area contributed by atoms with Crippen molar-refractivity contribution in [3.63, 3.8) is 0 Å². The molecule has 0 spiro atoms. The number of ether oxygens (including phenoxy) is 2. The first-order valence-electron chi connectivity index (χ1n) is 8.30. The Hall–Kier alpha value is -1.64. The largest absolute Gasteiger partial charge is 0.416 e. The lowest BCUT2D eigenvalue weighted by molar-refractivity contribution is -0.153. The molecule has 5 nitrogen and oxygen atoms in total. The van der Waals surface area contributed by atoms with Gasteiger partial charge in [-0.15, -0.1) is 0 Å². The molecule has 0 N–H and O–H groups in total. The fourth-order valence-electron chi connectivity index (χ4n) is 3.04. The predicted molar refractivity (Wildman–Crippen MR) is 83.9 cm³/mol. The van der Waals surface area contributed by atoms with Gasteiger partial charge < -0.3 is 14.4 Å². The third-order valence-corrected chi connectivity index (χ3v) is 4.44. The van der Waals surface area contributed by atoms with Crippen molar-refractivity contribution in [3.8, 4) is 0 Å². The molecule has 0 aromatic heterocycles. The summed E-state index contributed by atoms with van der Waals surface area (Å²) in [7, 11) is 0. The Morgan fingerprint density at radius 1 is 1.08 bits per heavy atom. The molecule has 1 atom stereocenters. The van der Waals surface area contributed by atoms with E-state index in [4.69, 9.17) is 9.47 Å². The van der Waals surface area contributed by atoms with Gasteiger partial charge in [-0.3, -0.25) is 9.69 Å². The summed E-state index contributed by atoms with van der Waals surface area (Å²) in [4.78, 5) is 16.3. The van der Waals surface area contributed by atoms with Gasteiger partial charge in [0.2, 0.25) is 0 Å². The second-order valence-electron chi connectivity index (χ2n) is 6.23. The number of nitrogens with zero attached hydrogens (tertiary/aromatic N) is 2. The second kappa shape index (κ2) is 7.72. The van der Waals surface area contributed by atoms with Crippen LogP contribution >= 0.6 is 0 Å². The molecule has 2 aliphatic rings. The molecular formula is C17H21F3N2O3. The molecule has 2 fully saturated rings. The van der Waals surface area contributed by atoms with E-state index in [-0.39, 0.29) is 5.91 Å². The smallest absolute Gasteiger partial charge is 0.378 e.